The van der Waals surface area contributed by atoms with Crippen molar-refractivity contribution in [2.75, 3.05) is 32.8 Å². The average Bonchev–Trinajstić information content (AvgIpc) is 0.751. The lowest BCUT2D eigenvalue weighted by Gasteiger charge is -2.41. The van der Waals surface area contributed by atoms with Crippen LogP contribution in [0, 0.1) is 0 Å². The molecular formula is C116H213N7O21. The summed E-state index contributed by atoms with van der Waals surface area (Å²) in [6.07, 6.45) is 46.8. The van der Waals surface area contributed by atoms with Crippen molar-refractivity contribution in [1.29, 1.82) is 0 Å². The summed E-state index contributed by atoms with van der Waals surface area (Å²) in [4.78, 5) is 38.8. The summed E-state index contributed by atoms with van der Waals surface area (Å²) in [5.41, 5.74) is 33.5. The molecule has 2 saturated heterocycles. The Morgan fingerprint density at radius 3 is 0.896 bits per heavy atom. The molecule has 0 spiro atoms. The second-order valence-corrected chi connectivity index (χ2v) is 41.5. The van der Waals surface area contributed by atoms with Crippen LogP contribution in [0.25, 0.3) is 0 Å². The van der Waals surface area contributed by atoms with Crippen LogP contribution in [0.15, 0.2) is 72.8 Å². The van der Waals surface area contributed by atoms with Crippen molar-refractivity contribution in [3.8, 4) is 0 Å². The van der Waals surface area contributed by atoms with E-state index in [-0.39, 0.29) is 45.1 Å². The third kappa shape index (κ3) is 61.8. The number of carbonyl (C=O) groups is 3. The van der Waals surface area contributed by atoms with Crippen LogP contribution in [-0.4, -0.2) is 256 Å². The van der Waals surface area contributed by atoms with Crippen molar-refractivity contribution < 1.29 is 105 Å². The van der Waals surface area contributed by atoms with Gasteiger partial charge in [0.2, 0.25) is 0 Å². The number of aliphatic hydroxyl groups excluding tert-OH is 14. The van der Waals surface area contributed by atoms with E-state index in [4.69, 9.17) is 47.6 Å². The van der Waals surface area contributed by atoms with Gasteiger partial charge < -0.3 is 130 Å². The second kappa shape index (κ2) is 87.9. The molecule has 0 saturated carbocycles. The molecule has 144 heavy (non-hydrogen) atoms. The molecule has 26 N–H and O–H groups in total. The van der Waals surface area contributed by atoms with E-state index in [0.29, 0.717) is 55.2 Å². The molecule has 0 aliphatic carbocycles. The summed E-state index contributed by atoms with van der Waals surface area (Å²) in [5.74, 6) is -0.821. The van der Waals surface area contributed by atoms with Crippen molar-refractivity contribution in [1.82, 2.24) is 10.6 Å². The lowest BCUT2D eigenvalue weighted by molar-refractivity contribution is -0.297. The Morgan fingerprint density at radius 1 is 0.306 bits per heavy atom. The summed E-state index contributed by atoms with van der Waals surface area (Å²) in [5, 5.41) is 151. The normalized spacial score (nSPS) is 20.5. The fourth-order valence-corrected chi connectivity index (χ4v) is 18.4. The SMILES string of the molecule is CCCCCCCCCCCCCC[C@@H](O)[C@@H](O)[C@@H](N)CO[C@H]1OC(CN)[C@H](O)[C@H](O)C1O.CCCCCCCCCCCCCC[C@@H](O)[C@@H](O)[C@H](CO[C@H]1OC(CNC(=O)c2ccc(CCCC)cc2)[C@H](O)[C@H](O)C1O)NC(=O)c1ccc(CCCC)cc1.CCCCCCCCCCCCC[C@@H](O)[C@@H](O)[C@@H](N)CCC(=O)c1ccc(CCCC)cc1.CCCCCCCCCCCCC[C@@H](O)[C@@H](O)[C@@H](N)CN. The zero-order valence-corrected chi connectivity index (χ0v) is 90.8. The molecule has 22 atom stereocenters. The molecule has 4 unspecified atom stereocenters. The highest BCUT2D eigenvalue weighted by molar-refractivity contribution is 5.96. The minimum atomic E-state index is -1.67. The molecule has 2 aliphatic rings. The zero-order valence-electron chi connectivity index (χ0n) is 90.8. The third-order valence-electron chi connectivity index (χ3n) is 28.6. The van der Waals surface area contributed by atoms with Crippen molar-refractivity contribution >= 4 is 17.6 Å². The monoisotopic (exact) mass is 2040 g/mol. The molecule has 838 valence electrons. The number of carbonyl (C=O) groups excluding carboxylic acids is 3. The molecule has 2 heterocycles. The Balaban J connectivity index is 0.000000694. The van der Waals surface area contributed by atoms with Crippen molar-refractivity contribution in [3.63, 3.8) is 0 Å². The molecule has 0 bridgehead atoms. The maximum Gasteiger partial charge on any atom is 0.251 e. The van der Waals surface area contributed by atoms with Gasteiger partial charge in [0.15, 0.2) is 18.4 Å². The minimum Gasteiger partial charge on any atom is -0.390 e. The number of rotatable bonds is 84. The van der Waals surface area contributed by atoms with Gasteiger partial charge in [-0.05, 0) is 112 Å². The van der Waals surface area contributed by atoms with E-state index in [1.165, 1.54) is 230 Å². The van der Waals surface area contributed by atoms with Crippen LogP contribution in [-0.2, 0) is 38.2 Å². The molecule has 28 heteroatoms. The van der Waals surface area contributed by atoms with Crippen LogP contribution < -0.4 is 39.3 Å². The highest BCUT2D eigenvalue weighted by Crippen LogP contribution is 2.28. The number of hydrogen-bond donors (Lipinski definition) is 21. The van der Waals surface area contributed by atoms with Gasteiger partial charge in [0.1, 0.15) is 54.9 Å². The van der Waals surface area contributed by atoms with Gasteiger partial charge in [-0.3, -0.25) is 14.4 Å². The highest BCUT2D eigenvalue weighted by Gasteiger charge is 2.46. The van der Waals surface area contributed by atoms with Gasteiger partial charge in [-0.1, -0.05) is 412 Å². The van der Waals surface area contributed by atoms with E-state index < -0.39 is 146 Å². The Bertz CT molecular complexity index is 3460. The number of Topliss-reactive ketones (excluding diaryl/α,β-unsaturated/α-hetero) is 1. The first-order valence-corrected chi connectivity index (χ1v) is 57.7. The number of unbranched alkanes of at least 4 members (excludes halogenated alkanes) is 45. The molecule has 3 aromatic rings. The first-order valence-electron chi connectivity index (χ1n) is 57.7. The quantitative estimate of drug-likeness (QED) is 0.0184. The fraction of sp³-hybridized carbons (Fsp3) is 0.819. The summed E-state index contributed by atoms with van der Waals surface area (Å²) in [6.45, 7) is 14.8. The fourth-order valence-electron chi connectivity index (χ4n) is 18.4. The van der Waals surface area contributed by atoms with Gasteiger partial charge in [-0.15, -0.1) is 0 Å². The van der Waals surface area contributed by atoms with Gasteiger partial charge in [-0.2, -0.15) is 0 Å². The Hall–Kier alpha value is -4.65. The molecule has 2 amide bonds. The van der Waals surface area contributed by atoms with Crippen molar-refractivity contribution in [2.45, 2.75) is 575 Å². The lowest BCUT2D eigenvalue weighted by Crippen LogP contribution is -2.61. The predicted octanol–water partition coefficient (Wildman–Crippen LogP) is 16.9. The van der Waals surface area contributed by atoms with Crippen LogP contribution in [0.3, 0.4) is 0 Å². The standard InChI is InChI=1S/C46H74N2O9.C29H51NO3.C24H50N2O7.C17H38N2O2/c1-4-7-10-11-12-13-14-15-16-17-18-19-22-38(49)40(50)37(48-45(55)36-29-25-34(26-30-36)21-9-6-3)32-56-46-43(53)42(52)41(51)39(57-46)31-47-44(54)35-27-23-33(24-28-35)20-8-5-2;1-3-5-7-8-9-10-11-12-13-14-15-17-28(32)29(33)26(30)22-23-27(31)25-20-18-24(19-21-25)16-6-4-2;1-2-3-4-5-6-7-8-9-10-11-12-13-14-18(27)20(28)17(26)16-32-24-23(31)22(30)21(29)19(15-25)33-24;1-2-3-4-5-6-7-8-9-10-11-12-13-16(20)17(21)15(19)14-18/h23-30,37-43,46,49-53H,4-22,31-32H2,1-3H3,(H,47,54)(H,48,55);18-21,26,28-29,32-33H,3-17,22-23,30H2,1-2H3;17-24,27-31H,2-16,25-26H2,1H3;15-17,20-21H,2-14,18-19H2,1H3/t37-,38+,39?,40-,41-,42-,43?,46-;26-,28+,29-;17-,18+,19?,20-,21-,22-,23?,24-;15-,16+,17-/m0000/s1. The maximum atomic E-state index is 13.4. The number of ketones is 1. The second-order valence-electron chi connectivity index (χ2n) is 41.5. The number of aliphatic hydroxyl groups is 14. The molecule has 0 aromatic heterocycles. The van der Waals surface area contributed by atoms with Crippen LogP contribution in [0.4, 0.5) is 0 Å². The number of amides is 2. The molecule has 2 fully saturated rings. The summed E-state index contributed by atoms with van der Waals surface area (Å²) < 4.78 is 22.5. The minimum absolute atomic E-state index is 0.0412. The highest BCUT2D eigenvalue weighted by atomic mass is 16.7. The van der Waals surface area contributed by atoms with E-state index >= 15 is 0 Å². The summed E-state index contributed by atoms with van der Waals surface area (Å²) in [6, 6.07) is 19.2. The lowest BCUT2D eigenvalue weighted by atomic mass is 9.95. The summed E-state index contributed by atoms with van der Waals surface area (Å²) in [7, 11) is 0. The molecule has 28 nitrogen and oxygen atoms in total. The number of ether oxygens (including phenoxy) is 4. The number of hydrogen-bond acceptors (Lipinski definition) is 26. The molecule has 2 aliphatic heterocycles. The maximum absolute atomic E-state index is 13.4. The predicted molar refractivity (Wildman–Crippen MR) is 581 cm³/mol. The first-order chi connectivity index (χ1) is 69.5. The molecule has 5 rings (SSSR count). The Kier molecular flexibility index (Phi) is 82.6. The van der Waals surface area contributed by atoms with E-state index in [1.54, 1.807) is 24.3 Å². The Morgan fingerprint density at radius 2 is 0.576 bits per heavy atom. The van der Waals surface area contributed by atoms with E-state index in [9.17, 15) is 85.9 Å². The number of benzene rings is 3. The van der Waals surface area contributed by atoms with Crippen molar-refractivity contribution in [3.05, 3.63) is 106 Å². The average molecular weight is 2040 g/mol. The zero-order chi connectivity index (χ0) is 106. The van der Waals surface area contributed by atoms with Gasteiger partial charge in [0, 0.05) is 54.8 Å². The van der Waals surface area contributed by atoms with Crippen LogP contribution >= 0.6 is 0 Å². The van der Waals surface area contributed by atoms with Gasteiger partial charge in [0.25, 0.3) is 11.8 Å². The van der Waals surface area contributed by atoms with Crippen molar-refractivity contribution in [2.24, 2.45) is 28.7 Å². The van der Waals surface area contributed by atoms with Crippen LogP contribution in [0.1, 0.15) is 469 Å². The number of nitrogens with one attached hydrogen (secondary N) is 2. The van der Waals surface area contributed by atoms with Gasteiger partial charge in [0.05, 0.1) is 68.0 Å². The first kappa shape index (κ1) is 135. The van der Waals surface area contributed by atoms with Gasteiger partial charge >= 0.3 is 0 Å². The number of aryl methyl sites for hydroxylation is 3. The molecule has 3 aromatic carbocycles. The molecular weight excluding hydrogens is 1830 g/mol. The topological polar surface area (TPSA) is 526 Å². The Labute approximate surface area is 870 Å². The third-order valence-corrected chi connectivity index (χ3v) is 28.6. The number of nitrogens with two attached hydrogens (primary N) is 5. The van der Waals surface area contributed by atoms with Crippen LogP contribution in [0.2, 0.25) is 0 Å². The molecule has 0 radical (unpaired) electrons. The largest absolute Gasteiger partial charge is 0.390 e. The van der Waals surface area contributed by atoms with E-state index in [1.807, 2.05) is 48.5 Å². The van der Waals surface area contributed by atoms with Crippen LogP contribution in [0.5, 0.6) is 0 Å². The summed E-state index contributed by atoms with van der Waals surface area (Å²) >= 11 is 0. The van der Waals surface area contributed by atoms with E-state index in [2.05, 4.69) is 59.1 Å². The smallest absolute Gasteiger partial charge is 0.251 e. The van der Waals surface area contributed by atoms with E-state index in [0.717, 1.165) is 133 Å². The van der Waals surface area contributed by atoms with Gasteiger partial charge in [-0.25, -0.2) is 0 Å².